The van der Waals surface area contributed by atoms with Crippen LogP contribution in [0.15, 0.2) is 35.3 Å². The van der Waals surface area contributed by atoms with Gasteiger partial charge in [-0.25, -0.2) is 13.2 Å². The number of benzene rings is 2. The molecular weight excluding hydrogens is 339 g/mol. The minimum atomic E-state index is -0.573. The van der Waals surface area contributed by atoms with Gasteiger partial charge in [-0.1, -0.05) is 6.07 Å². The third-order valence-corrected chi connectivity index (χ3v) is 5.38. The summed E-state index contributed by atoms with van der Waals surface area (Å²) in [5.41, 5.74) is 8.00. The smallest absolute Gasteiger partial charge is 0.148 e. The first-order valence-corrected chi connectivity index (χ1v) is 8.75. The van der Waals surface area contributed by atoms with Gasteiger partial charge in [0.1, 0.15) is 17.5 Å². The minimum Gasteiger partial charge on any atom is -0.396 e. The molecule has 3 nitrogen and oxygen atoms in total. The predicted octanol–water partition coefficient (Wildman–Crippen LogP) is 4.08. The van der Waals surface area contributed by atoms with Crippen LogP contribution in [0.5, 0.6) is 0 Å². The van der Waals surface area contributed by atoms with Crippen molar-refractivity contribution in [1.82, 2.24) is 0 Å². The van der Waals surface area contributed by atoms with E-state index in [2.05, 4.69) is 9.89 Å². The third-order valence-electron chi connectivity index (χ3n) is 5.38. The van der Waals surface area contributed by atoms with E-state index in [0.29, 0.717) is 18.7 Å². The van der Waals surface area contributed by atoms with Gasteiger partial charge < -0.3 is 10.6 Å². The first-order chi connectivity index (χ1) is 12.4. The van der Waals surface area contributed by atoms with Gasteiger partial charge >= 0.3 is 0 Å². The Morgan fingerprint density at radius 2 is 1.85 bits per heavy atom. The molecule has 0 amide bonds. The monoisotopic (exact) mass is 359 g/mol. The lowest BCUT2D eigenvalue weighted by atomic mass is 9.90. The number of piperidine rings is 1. The van der Waals surface area contributed by atoms with E-state index in [1.54, 1.807) is 6.07 Å². The van der Waals surface area contributed by atoms with Gasteiger partial charge in [0.25, 0.3) is 0 Å². The quantitative estimate of drug-likeness (QED) is 0.821. The van der Waals surface area contributed by atoms with Gasteiger partial charge in [0.05, 0.1) is 17.3 Å². The first-order valence-electron chi connectivity index (χ1n) is 8.75. The predicted molar refractivity (Wildman–Crippen MR) is 97.2 cm³/mol. The van der Waals surface area contributed by atoms with Crippen molar-refractivity contribution in [3.05, 3.63) is 58.9 Å². The summed E-state index contributed by atoms with van der Waals surface area (Å²) in [6, 6.07) is 7.04. The number of aryl methyl sites for hydroxylation is 1. The van der Waals surface area contributed by atoms with Crippen LogP contribution in [-0.2, 0) is 0 Å². The lowest BCUT2D eigenvalue weighted by molar-refractivity contribution is 0.390. The fourth-order valence-electron chi connectivity index (χ4n) is 4.08. The molecule has 2 aliphatic heterocycles. The maximum Gasteiger partial charge on any atom is 0.148 e. The molecule has 6 heteroatoms. The molecule has 0 bridgehead atoms. The highest BCUT2D eigenvalue weighted by molar-refractivity contribution is 6.02. The zero-order valence-corrected chi connectivity index (χ0v) is 14.5. The summed E-state index contributed by atoms with van der Waals surface area (Å²) in [6.45, 7) is 3.31. The molecule has 2 N–H and O–H groups in total. The highest BCUT2D eigenvalue weighted by Crippen LogP contribution is 2.36. The highest BCUT2D eigenvalue weighted by atomic mass is 19.1. The van der Waals surface area contributed by atoms with Crippen molar-refractivity contribution in [2.24, 2.45) is 10.9 Å². The van der Waals surface area contributed by atoms with E-state index in [9.17, 15) is 13.2 Å². The summed E-state index contributed by atoms with van der Waals surface area (Å²) >= 11 is 0. The van der Waals surface area contributed by atoms with Crippen molar-refractivity contribution in [3.8, 4) is 0 Å². The molecule has 2 aromatic rings. The molecule has 0 radical (unpaired) electrons. The van der Waals surface area contributed by atoms with Crippen LogP contribution in [0.25, 0.3) is 0 Å². The van der Waals surface area contributed by atoms with Crippen LogP contribution in [0.4, 0.5) is 24.5 Å². The van der Waals surface area contributed by atoms with Crippen molar-refractivity contribution in [2.45, 2.75) is 25.8 Å². The molecule has 2 heterocycles. The molecule has 0 saturated carbocycles. The van der Waals surface area contributed by atoms with Crippen molar-refractivity contribution >= 4 is 17.1 Å². The SMILES string of the molecule is Cc1cc(N)c(F)cc1N1CCC2N=C(c3c(F)cccc3F)CC2C1. The molecule has 1 saturated heterocycles. The van der Waals surface area contributed by atoms with Gasteiger partial charge in [0.15, 0.2) is 0 Å². The normalized spacial score (nSPS) is 22.3. The van der Waals surface area contributed by atoms with Gasteiger partial charge in [-0.2, -0.15) is 0 Å². The second-order valence-corrected chi connectivity index (χ2v) is 7.10. The van der Waals surface area contributed by atoms with Crippen molar-refractivity contribution in [2.75, 3.05) is 23.7 Å². The Kier molecular flexibility index (Phi) is 4.13. The number of nitrogens with two attached hydrogens (primary N) is 1. The van der Waals surface area contributed by atoms with Crippen molar-refractivity contribution in [3.63, 3.8) is 0 Å². The average Bonchev–Trinajstić information content (AvgIpc) is 3.00. The molecule has 0 aliphatic carbocycles. The standard InChI is InChI=1S/C20H20F3N3/c1-11-7-16(24)15(23)9-19(11)26-6-5-17-12(10-26)8-18(25-17)20-13(21)3-2-4-14(20)22/h2-4,7,9,12,17H,5-6,8,10,24H2,1H3. The van der Waals surface area contributed by atoms with E-state index >= 15 is 0 Å². The van der Waals surface area contributed by atoms with E-state index in [4.69, 9.17) is 5.73 Å². The fraction of sp³-hybridized carbons (Fsp3) is 0.350. The summed E-state index contributed by atoms with van der Waals surface area (Å²) in [5, 5.41) is 0. The lowest BCUT2D eigenvalue weighted by Gasteiger charge is -2.36. The summed E-state index contributed by atoms with van der Waals surface area (Å²) in [6.07, 6.45) is 1.30. The Labute approximate surface area is 150 Å². The van der Waals surface area contributed by atoms with Crippen LogP contribution >= 0.6 is 0 Å². The van der Waals surface area contributed by atoms with E-state index in [-0.39, 0.29) is 23.2 Å². The number of halogens is 3. The van der Waals surface area contributed by atoms with Crippen LogP contribution in [-0.4, -0.2) is 24.8 Å². The Hall–Kier alpha value is -2.50. The van der Waals surface area contributed by atoms with Crippen LogP contribution in [0.3, 0.4) is 0 Å². The van der Waals surface area contributed by atoms with Crippen molar-refractivity contribution < 1.29 is 13.2 Å². The minimum absolute atomic E-state index is 0.0110. The van der Waals surface area contributed by atoms with E-state index in [1.165, 1.54) is 24.3 Å². The van der Waals surface area contributed by atoms with Gasteiger partial charge in [-0.3, -0.25) is 4.99 Å². The van der Waals surface area contributed by atoms with Crippen LogP contribution in [0, 0.1) is 30.3 Å². The molecule has 2 atom stereocenters. The zero-order chi connectivity index (χ0) is 18.4. The average molecular weight is 359 g/mol. The van der Waals surface area contributed by atoms with Gasteiger partial charge in [-0.05, 0) is 49.6 Å². The molecule has 0 spiro atoms. The second kappa shape index (κ2) is 6.34. The van der Waals surface area contributed by atoms with Gasteiger partial charge in [-0.15, -0.1) is 0 Å². The summed E-state index contributed by atoms with van der Waals surface area (Å²) in [5.74, 6) is -1.41. The zero-order valence-electron chi connectivity index (χ0n) is 14.5. The maximum absolute atomic E-state index is 14.1. The number of aliphatic imine (C=N–C) groups is 1. The number of nitrogen functional groups attached to an aromatic ring is 1. The summed E-state index contributed by atoms with van der Waals surface area (Å²) in [4.78, 5) is 6.72. The van der Waals surface area contributed by atoms with E-state index in [0.717, 1.165) is 24.2 Å². The third kappa shape index (κ3) is 2.83. The Bertz CT molecular complexity index is 874. The van der Waals surface area contributed by atoms with Gasteiger partial charge in [0, 0.05) is 30.4 Å². The molecule has 4 rings (SSSR count). The maximum atomic E-state index is 14.1. The van der Waals surface area contributed by atoms with Crippen LogP contribution in [0.1, 0.15) is 24.0 Å². The molecule has 26 heavy (non-hydrogen) atoms. The highest BCUT2D eigenvalue weighted by Gasteiger charge is 2.36. The number of fused-ring (bicyclic) bond motifs is 1. The molecule has 1 fully saturated rings. The number of rotatable bonds is 2. The molecule has 0 aromatic heterocycles. The van der Waals surface area contributed by atoms with Crippen LogP contribution < -0.4 is 10.6 Å². The molecular formula is C20H20F3N3. The molecule has 2 aliphatic rings. The van der Waals surface area contributed by atoms with E-state index < -0.39 is 17.5 Å². The number of nitrogens with zero attached hydrogens (tertiary/aromatic N) is 2. The first kappa shape index (κ1) is 16.9. The molecule has 136 valence electrons. The second-order valence-electron chi connectivity index (χ2n) is 7.10. The lowest BCUT2D eigenvalue weighted by Crippen LogP contribution is -2.41. The fourth-order valence-corrected chi connectivity index (χ4v) is 4.08. The molecule has 2 unspecified atom stereocenters. The Morgan fingerprint density at radius 3 is 2.58 bits per heavy atom. The number of hydrogen-bond acceptors (Lipinski definition) is 3. The van der Waals surface area contributed by atoms with Gasteiger partial charge in [0.2, 0.25) is 0 Å². The number of hydrogen-bond donors (Lipinski definition) is 1. The molecule has 2 aromatic carbocycles. The number of anilines is 2. The topological polar surface area (TPSA) is 41.6 Å². The van der Waals surface area contributed by atoms with Crippen LogP contribution in [0.2, 0.25) is 0 Å². The summed E-state index contributed by atoms with van der Waals surface area (Å²) in [7, 11) is 0. The largest absolute Gasteiger partial charge is 0.396 e. The summed E-state index contributed by atoms with van der Waals surface area (Å²) < 4.78 is 42.0. The Balaban J connectivity index is 1.57. The van der Waals surface area contributed by atoms with E-state index in [1.807, 2.05) is 6.92 Å². The Morgan fingerprint density at radius 1 is 1.12 bits per heavy atom. The van der Waals surface area contributed by atoms with Crippen molar-refractivity contribution in [1.29, 1.82) is 0 Å².